The van der Waals surface area contributed by atoms with Crippen LogP contribution in [0.2, 0.25) is 0 Å². The number of rotatable bonds is 3. The molecule has 0 amide bonds. The summed E-state index contributed by atoms with van der Waals surface area (Å²) in [6.07, 6.45) is 0. The molecule has 0 aliphatic carbocycles. The molecule has 0 bridgehead atoms. The molecule has 0 fully saturated rings. The standard InChI is InChI=1S/C50H29N3/c1-3-16-32(17-4-1)51(33-18-5-2-6-19-33)43-25-13-23-37-46-34-20-9-7-15-31(34)27-40-38-28-45-41(29-44(38)53(48(37)43)50(40)46)47-35-21-10-8-14-30(35)26-39-36-22-11-12-24-42(36)52(45)49(39)47/h1-29H. The Kier molecular flexibility index (Phi) is 5.11. The van der Waals surface area contributed by atoms with Crippen molar-refractivity contribution in [2.75, 3.05) is 4.90 Å². The molecule has 13 aromatic rings. The molecule has 0 atom stereocenters. The first-order valence-corrected chi connectivity index (χ1v) is 18.4. The van der Waals surface area contributed by atoms with Gasteiger partial charge in [0.25, 0.3) is 0 Å². The van der Waals surface area contributed by atoms with E-state index in [2.05, 4.69) is 190 Å². The summed E-state index contributed by atoms with van der Waals surface area (Å²) in [6, 6.07) is 65.0. The van der Waals surface area contributed by atoms with Gasteiger partial charge in [0.1, 0.15) is 0 Å². The maximum Gasteiger partial charge on any atom is 0.0783 e. The van der Waals surface area contributed by atoms with Gasteiger partial charge in [-0.05, 0) is 82.2 Å². The summed E-state index contributed by atoms with van der Waals surface area (Å²) in [4.78, 5) is 2.42. The maximum absolute atomic E-state index is 2.59. The van der Waals surface area contributed by atoms with E-state index in [9.17, 15) is 0 Å². The first-order chi connectivity index (χ1) is 26.3. The van der Waals surface area contributed by atoms with Crippen LogP contribution in [-0.2, 0) is 0 Å². The minimum Gasteiger partial charge on any atom is -0.308 e. The van der Waals surface area contributed by atoms with Crippen LogP contribution in [0.4, 0.5) is 17.1 Å². The molecule has 4 heterocycles. The van der Waals surface area contributed by atoms with Crippen molar-refractivity contribution < 1.29 is 0 Å². The van der Waals surface area contributed by atoms with E-state index in [0.717, 1.165) is 17.1 Å². The molecule has 3 nitrogen and oxygen atoms in total. The zero-order valence-electron chi connectivity index (χ0n) is 28.6. The minimum absolute atomic E-state index is 1.13. The van der Waals surface area contributed by atoms with Gasteiger partial charge in [-0.2, -0.15) is 0 Å². The summed E-state index contributed by atoms with van der Waals surface area (Å²) in [5.74, 6) is 0. The number of anilines is 3. The molecule has 0 aliphatic heterocycles. The normalized spacial score (nSPS) is 12.5. The minimum atomic E-state index is 1.13. The van der Waals surface area contributed by atoms with Gasteiger partial charge in [0, 0.05) is 54.5 Å². The molecule has 53 heavy (non-hydrogen) atoms. The van der Waals surface area contributed by atoms with Gasteiger partial charge in [-0.15, -0.1) is 0 Å². The Morgan fingerprint density at radius 2 is 0.811 bits per heavy atom. The summed E-state index contributed by atoms with van der Waals surface area (Å²) >= 11 is 0. The van der Waals surface area contributed by atoms with Crippen molar-refractivity contribution in [1.82, 2.24) is 8.80 Å². The van der Waals surface area contributed by atoms with Crippen LogP contribution in [0.25, 0.3) is 97.7 Å². The number of hydrogen-bond donors (Lipinski definition) is 0. The van der Waals surface area contributed by atoms with Gasteiger partial charge in [-0.3, -0.25) is 0 Å². The lowest BCUT2D eigenvalue weighted by molar-refractivity contribution is 1.27. The molecule has 0 saturated carbocycles. The van der Waals surface area contributed by atoms with Crippen LogP contribution in [-0.4, -0.2) is 8.80 Å². The number of benzene rings is 9. The van der Waals surface area contributed by atoms with Crippen molar-refractivity contribution in [3.63, 3.8) is 0 Å². The second-order valence-electron chi connectivity index (χ2n) is 14.5. The largest absolute Gasteiger partial charge is 0.308 e. The van der Waals surface area contributed by atoms with Crippen molar-refractivity contribution in [3.8, 4) is 0 Å². The number of aromatic nitrogens is 2. The average Bonchev–Trinajstić information content (AvgIpc) is 3.94. The summed E-state index contributed by atoms with van der Waals surface area (Å²) < 4.78 is 5.12. The fourth-order valence-corrected chi connectivity index (χ4v) is 9.81. The molecule has 0 aliphatic rings. The summed E-state index contributed by atoms with van der Waals surface area (Å²) in [6.45, 7) is 0. The molecular formula is C50H29N3. The molecule has 3 heteroatoms. The highest BCUT2D eigenvalue weighted by Gasteiger charge is 2.27. The molecule has 9 aromatic carbocycles. The summed E-state index contributed by atoms with van der Waals surface area (Å²) in [5.41, 5.74) is 11.0. The molecule has 0 unspecified atom stereocenters. The third-order valence-corrected chi connectivity index (χ3v) is 11.9. The van der Waals surface area contributed by atoms with Gasteiger partial charge in [-0.1, -0.05) is 115 Å². The number of nitrogens with zero attached hydrogens (tertiary/aromatic N) is 3. The first kappa shape index (κ1) is 27.6. The lowest BCUT2D eigenvalue weighted by Gasteiger charge is -2.26. The molecular weight excluding hydrogens is 643 g/mol. The van der Waals surface area contributed by atoms with Crippen molar-refractivity contribution in [2.45, 2.75) is 0 Å². The Morgan fingerprint density at radius 3 is 1.51 bits per heavy atom. The molecule has 13 rings (SSSR count). The lowest BCUT2D eigenvalue weighted by atomic mass is 9.98. The van der Waals surface area contributed by atoms with Crippen molar-refractivity contribution in [3.05, 3.63) is 176 Å². The van der Waals surface area contributed by atoms with E-state index in [4.69, 9.17) is 0 Å². The first-order valence-electron chi connectivity index (χ1n) is 18.4. The second kappa shape index (κ2) is 9.81. The van der Waals surface area contributed by atoms with Gasteiger partial charge in [0.05, 0.1) is 38.8 Å². The molecule has 4 aromatic heterocycles. The Balaban J connectivity index is 1.29. The van der Waals surface area contributed by atoms with Gasteiger partial charge < -0.3 is 13.7 Å². The Bertz CT molecular complexity index is 3570. The van der Waals surface area contributed by atoms with Gasteiger partial charge in [0.2, 0.25) is 0 Å². The maximum atomic E-state index is 2.59. The van der Waals surface area contributed by atoms with Crippen LogP contribution in [0.3, 0.4) is 0 Å². The van der Waals surface area contributed by atoms with E-state index in [1.165, 1.54) is 97.7 Å². The fourth-order valence-electron chi connectivity index (χ4n) is 9.81. The van der Waals surface area contributed by atoms with Crippen LogP contribution in [0.15, 0.2) is 176 Å². The van der Waals surface area contributed by atoms with E-state index in [-0.39, 0.29) is 0 Å². The smallest absolute Gasteiger partial charge is 0.0783 e. The second-order valence-corrected chi connectivity index (χ2v) is 14.5. The molecule has 244 valence electrons. The molecule has 0 radical (unpaired) electrons. The Hall–Kier alpha value is -7.10. The topological polar surface area (TPSA) is 12.1 Å². The predicted molar refractivity (Wildman–Crippen MR) is 225 cm³/mol. The third kappa shape index (κ3) is 3.40. The SMILES string of the molecule is c1ccc(N(c2ccccc2)c2cccc3c4c5ccccc5cc5c6cc7c(cc6n(c23)c54)c2c3ccccc3cc3c4ccccc4n7c32)cc1. The molecule has 0 saturated heterocycles. The van der Waals surface area contributed by atoms with E-state index in [1.807, 2.05) is 0 Å². The molecule has 0 spiro atoms. The van der Waals surface area contributed by atoms with E-state index >= 15 is 0 Å². The zero-order chi connectivity index (χ0) is 34.4. The predicted octanol–water partition coefficient (Wildman–Crippen LogP) is 13.8. The van der Waals surface area contributed by atoms with Crippen molar-refractivity contribution >= 4 is 115 Å². The van der Waals surface area contributed by atoms with Gasteiger partial charge in [-0.25, -0.2) is 0 Å². The average molecular weight is 672 g/mol. The Morgan fingerprint density at radius 1 is 0.302 bits per heavy atom. The Labute approximate surface area is 303 Å². The van der Waals surface area contributed by atoms with Crippen LogP contribution in [0, 0.1) is 0 Å². The van der Waals surface area contributed by atoms with Crippen molar-refractivity contribution in [2.24, 2.45) is 0 Å². The number of hydrogen-bond acceptors (Lipinski definition) is 1. The zero-order valence-corrected chi connectivity index (χ0v) is 28.6. The highest BCUT2D eigenvalue weighted by Crippen LogP contribution is 2.50. The third-order valence-electron chi connectivity index (χ3n) is 11.9. The van der Waals surface area contributed by atoms with Crippen LogP contribution in [0.1, 0.15) is 0 Å². The fraction of sp³-hybridized carbons (Fsp3) is 0. The lowest BCUT2D eigenvalue weighted by Crippen LogP contribution is -2.10. The van der Waals surface area contributed by atoms with Gasteiger partial charge >= 0.3 is 0 Å². The van der Waals surface area contributed by atoms with E-state index in [0.29, 0.717) is 0 Å². The summed E-state index contributed by atoms with van der Waals surface area (Å²) in [7, 11) is 0. The van der Waals surface area contributed by atoms with Crippen molar-refractivity contribution in [1.29, 1.82) is 0 Å². The highest BCUT2D eigenvalue weighted by molar-refractivity contribution is 6.36. The summed E-state index contributed by atoms with van der Waals surface area (Å²) in [5, 5.41) is 15.5. The monoisotopic (exact) mass is 671 g/mol. The van der Waals surface area contributed by atoms with Gasteiger partial charge in [0.15, 0.2) is 0 Å². The highest BCUT2D eigenvalue weighted by atomic mass is 15.2. The number of para-hydroxylation sites is 4. The molecule has 0 N–H and O–H groups in total. The van der Waals surface area contributed by atoms with E-state index < -0.39 is 0 Å². The number of fused-ring (bicyclic) bond motifs is 16. The van der Waals surface area contributed by atoms with Crippen LogP contribution in [0.5, 0.6) is 0 Å². The van der Waals surface area contributed by atoms with Crippen LogP contribution < -0.4 is 4.90 Å². The van der Waals surface area contributed by atoms with E-state index in [1.54, 1.807) is 0 Å². The van der Waals surface area contributed by atoms with Crippen LogP contribution >= 0.6 is 0 Å². The quantitative estimate of drug-likeness (QED) is 0.182.